The molecular weight excluding hydrogens is 471 g/mol. The Hall–Kier alpha value is -4.08. The summed E-state index contributed by atoms with van der Waals surface area (Å²) in [7, 11) is 5.46. The number of alkyl halides is 3. The van der Waals surface area contributed by atoms with Gasteiger partial charge in [0.05, 0.1) is 22.5 Å². The van der Waals surface area contributed by atoms with Gasteiger partial charge in [-0.25, -0.2) is 4.79 Å². The number of carbonyl (C=O) groups excluding carboxylic acids is 1. The van der Waals surface area contributed by atoms with Crippen molar-refractivity contribution >= 4 is 16.9 Å². The van der Waals surface area contributed by atoms with Crippen LogP contribution in [-0.2, 0) is 26.2 Å². The number of benzene rings is 1. The molecule has 0 radical (unpaired) electrons. The number of fused-ring (bicyclic) bond motifs is 3. The number of halogens is 3. The third kappa shape index (κ3) is 4.02. The van der Waals surface area contributed by atoms with E-state index in [0.717, 1.165) is 35.2 Å². The average molecular weight is 496 g/mol. The Kier molecular flexibility index (Phi) is 5.61. The minimum Gasteiger partial charge on any atom is -0.347 e. The third-order valence-corrected chi connectivity index (χ3v) is 6.63. The zero-order valence-corrected chi connectivity index (χ0v) is 20.0. The van der Waals surface area contributed by atoms with Crippen LogP contribution in [0.2, 0.25) is 0 Å². The molecule has 0 aliphatic carbocycles. The quantitative estimate of drug-likeness (QED) is 0.413. The van der Waals surface area contributed by atoms with Gasteiger partial charge in [0.15, 0.2) is 0 Å². The first-order valence-corrected chi connectivity index (χ1v) is 11.4. The molecule has 0 saturated carbocycles. The van der Waals surface area contributed by atoms with Crippen molar-refractivity contribution in [1.29, 1.82) is 0 Å². The van der Waals surface area contributed by atoms with E-state index in [1.54, 1.807) is 31.3 Å². The van der Waals surface area contributed by atoms with Crippen LogP contribution in [0.3, 0.4) is 0 Å². The van der Waals surface area contributed by atoms with E-state index in [-0.39, 0.29) is 17.3 Å². The Morgan fingerprint density at radius 3 is 2.50 bits per heavy atom. The van der Waals surface area contributed by atoms with Crippen molar-refractivity contribution < 1.29 is 18.0 Å². The molecule has 0 fully saturated rings. The normalized spacial score (nSPS) is 13.7. The van der Waals surface area contributed by atoms with E-state index in [0.29, 0.717) is 24.3 Å². The van der Waals surface area contributed by atoms with Gasteiger partial charge >= 0.3 is 12.2 Å². The zero-order valence-electron chi connectivity index (χ0n) is 20.0. The maximum absolute atomic E-state index is 12.9. The predicted molar refractivity (Wildman–Crippen MR) is 130 cm³/mol. The van der Waals surface area contributed by atoms with Gasteiger partial charge in [0, 0.05) is 81.3 Å². The van der Waals surface area contributed by atoms with Gasteiger partial charge in [-0.1, -0.05) is 6.07 Å². The molecule has 0 unspecified atom stereocenters. The van der Waals surface area contributed by atoms with Gasteiger partial charge in [0.25, 0.3) is 5.56 Å². The number of nitrogens with zero attached hydrogens (tertiary/aromatic N) is 5. The highest BCUT2D eigenvalue weighted by Gasteiger charge is 2.31. The van der Waals surface area contributed by atoms with Crippen LogP contribution in [0.1, 0.15) is 16.8 Å². The molecule has 10 heteroatoms. The van der Waals surface area contributed by atoms with Crippen LogP contribution in [0, 0.1) is 0 Å². The Morgan fingerprint density at radius 2 is 1.86 bits per heavy atom. The summed E-state index contributed by atoms with van der Waals surface area (Å²) in [5.74, 6) is 0. The summed E-state index contributed by atoms with van der Waals surface area (Å²) in [6.07, 6.45) is -1.37. The van der Waals surface area contributed by atoms with Crippen LogP contribution in [-0.4, -0.2) is 50.6 Å². The smallest absolute Gasteiger partial charge is 0.347 e. The summed E-state index contributed by atoms with van der Waals surface area (Å²) in [6.45, 7) is 1.16. The van der Waals surface area contributed by atoms with E-state index in [4.69, 9.17) is 0 Å². The van der Waals surface area contributed by atoms with Gasteiger partial charge in [-0.15, -0.1) is 0 Å². The lowest BCUT2D eigenvalue weighted by molar-refractivity contribution is -0.137. The maximum atomic E-state index is 12.9. The molecule has 186 valence electrons. The molecule has 0 spiro atoms. The van der Waals surface area contributed by atoms with Gasteiger partial charge < -0.3 is 14.4 Å². The first-order chi connectivity index (χ1) is 17.0. The maximum Gasteiger partial charge on any atom is 0.417 e. The molecule has 0 bridgehead atoms. The number of aryl methyl sites for hydroxylation is 1. The number of urea groups is 1. The molecular formula is C26H24F3N5O2. The van der Waals surface area contributed by atoms with Crippen LogP contribution in [0.4, 0.5) is 18.0 Å². The first-order valence-electron chi connectivity index (χ1n) is 11.4. The monoisotopic (exact) mass is 495 g/mol. The van der Waals surface area contributed by atoms with Crippen molar-refractivity contribution in [3.63, 3.8) is 0 Å². The van der Waals surface area contributed by atoms with Gasteiger partial charge in [0.1, 0.15) is 0 Å². The van der Waals surface area contributed by atoms with Crippen molar-refractivity contribution in [2.24, 2.45) is 7.05 Å². The molecule has 1 aromatic carbocycles. The van der Waals surface area contributed by atoms with Crippen molar-refractivity contribution in [3.8, 4) is 16.9 Å². The second kappa shape index (κ2) is 8.54. The van der Waals surface area contributed by atoms with Crippen LogP contribution in [0.5, 0.6) is 0 Å². The first kappa shape index (κ1) is 23.7. The summed E-state index contributed by atoms with van der Waals surface area (Å²) in [5.41, 5.74) is 3.46. The van der Waals surface area contributed by atoms with Crippen molar-refractivity contribution in [1.82, 2.24) is 23.9 Å². The van der Waals surface area contributed by atoms with Crippen LogP contribution < -0.4 is 5.56 Å². The Bertz CT molecular complexity index is 1530. The number of aromatic nitrogens is 3. The minimum absolute atomic E-state index is 0.0246. The Labute approximate surface area is 205 Å². The Balaban J connectivity index is 1.48. The lowest BCUT2D eigenvalue weighted by Crippen LogP contribution is -2.42. The number of pyridine rings is 2. The van der Waals surface area contributed by atoms with Crippen LogP contribution in [0.25, 0.3) is 27.8 Å². The molecule has 0 atom stereocenters. The number of carbonyl (C=O) groups is 1. The second-order valence-corrected chi connectivity index (χ2v) is 9.09. The van der Waals surface area contributed by atoms with Crippen molar-refractivity contribution in [2.75, 3.05) is 20.6 Å². The second-order valence-electron chi connectivity index (χ2n) is 9.09. The minimum atomic E-state index is -4.47. The van der Waals surface area contributed by atoms with Crippen LogP contribution in [0.15, 0.2) is 59.7 Å². The van der Waals surface area contributed by atoms with E-state index < -0.39 is 11.7 Å². The summed E-state index contributed by atoms with van der Waals surface area (Å²) in [4.78, 5) is 32.7. The molecule has 1 aliphatic rings. The standard InChI is InChI=1S/C26H24F3N5O2/c1-31(2)25(36)33-10-9-22-20(15-33)19-6-5-18(13-23(19)32(22)3)34-11-8-16(12-24(34)35)21-7-4-17(14-30-21)26(27,28)29/h4-8,11-14H,9-10,15H2,1-3H3. The van der Waals surface area contributed by atoms with Gasteiger partial charge in [-0.3, -0.25) is 14.3 Å². The SMILES string of the molecule is CN(C)C(=O)N1CCc2c(c3ccc(-n4ccc(-c5ccc(C(F)(F)F)cn5)cc4=O)cc3n2C)C1. The predicted octanol–water partition coefficient (Wildman–Crippen LogP) is 4.45. The number of rotatable bonds is 2. The fraction of sp³-hybridized carbons (Fsp3) is 0.269. The summed E-state index contributed by atoms with van der Waals surface area (Å²) < 4.78 is 42.0. The largest absolute Gasteiger partial charge is 0.417 e. The highest BCUT2D eigenvalue weighted by atomic mass is 19.4. The summed E-state index contributed by atoms with van der Waals surface area (Å²) in [6, 6.07) is 11.0. The highest BCUT2D eigenvalue weighted by Crippen LogP contribution is 2.32. The van der Waals surface area contributed by atoms with E-state index in [9.17, 15) is 22.8 Å². The summed E-state index contributed by atoms with van der Waals surface area (Å²) >= 11 is 0. The molecule has 0 N–H and O–H groups in total. The van der Waals surface area contributed by atoms with Gasteiger partial charge in [-0.2, -0.15) is 13.2 Å². The molecule has 3 aromatic heterocycles. The molecule has 1 aliphatic heterocycles. The average Bonchev–Trinajstić information content (AvgIpc) is 3.13. The third-order valence-electron chi connectivity index (χ3n) is 6.63. The number of hydrogen-bond donors (Lipinski definition) is 0. The Morgan fingerprint density at radius 1 is 1.08 bits per heavy atom. The topological polar surface area (TPSA) is 63.4 Å². The molecule has 36 heavy (non-hydrogen) atoms. The van der Waals surface area contributed by atoms with E-state index >= 15 is 0 Å². The van der Waals surface area contributed by atoms with Crippen molar-refractivity contribution in [2.45, 2.75) is 19.1 Å². The molecule has 0 saturated heterocycles. The zero-order chi connectivity index (χ0) is 25.8. The van der Waals surface area contributed by atoms with Crippen LogP contribution >= 0.6 is 0 Å². The molecule has 2 amide bonds. The van der Waals surface area contributed by atoms with E-state index in [1.807, 2.05) is 30.1 Å². The molecule has 7 nitrogen and oxygen atoms in total. The van der Waals surface area contributed by atoms with E-state index in [2.05, 4.69) is 9.55 Å². The van der Waals surface area contributed by atoms with Gasteiger partial charge in [0.2, 0.25) is 0 Å². The molecule has 5 rings (SSSR count). The lowest BCUT2D eigenvalue weighted by Gasteiger charge is -2.30. The molecule has 4 aromatic rings. The fourth-order valence-electron chi connectivity index (χ4n) is 4.74. The van der Waals surface area contributed by atoms with E-state index in [1.165, 1.54) is 22.4 Å². The number of amides is 2. The van der Waals surface area contributed by atoms with Crippen molar-refractivity contribution in [3.05, 3.63) is 82.0 Å². The lowest BCUT2D eigenvalue weighted by atomic mass is 10.0. The van der Waals surface area contributed by atoms with Gasteiger partial charge in [-0.05, 0) is 30.3 Å². The fourth-order valence-corrected chi connectivity index (χ4v) is 4.74. The molecule has 4 heterocycles. The number of hydrogen-bond acceptors (Lipinski definition) is 3. The highest BCUT2D eigenvalue weighted by molar-refractivity contribution is 5.88. The summed E-state index contributed by atoms with van der Waals surface area (Å²) in [5, 5.41) is 1.03.